The van der Waals surface area contributed by atoms with E-state index in [1.807, 2.05) is 67.6 Å². The van der Waals surface area contributed by atoms with Gasteiger partial charge in [0.15, 0.2) is 5.78 Å². The molecule has 0 bridgehead atoms. The van der Waals surface area contributed by atoms with Crippen LogP contribution in [0.25, 0.3) is 0 Å². The monoisotopic (exact) mass is 411 g/mol. The van der Waals surface area contributed by atoms with Crippen LogP contribution in [0.2, 0.25) is 0 Å². The summed E-state index contributed by atoms with van der Waals surface area (Å²) in [6, 6.07) is 18.5. The van der Waals surface area contributed by atoms with E-state index < -0.39 is 15.3 Å². The Hall–Kier alpha value is -2.24. The first kappa shape index (κ1) is 21.5. The van der Waals surface area contributed by atoms with Gasteiger partial charge < -0.3 is 0 Å². The number of hydrogen-bond donors (Lipinski definition) is 0. The van der Waals surface area contributed by atoms with E-state index in [2.05, 4.69) is 6.92 Å². The summed E-state index contributed by atoms with van der Waals surface area (Å²) in [6.07, 6.45) is 3.26. The standard InChI is InChI=1S/C24H29NO3S/c1-3-11-21-17-25(18-23(26)22(21)12-4-2)29(27,28)24(19-13-7-5-8-14-19)20-15-9-6-10-16-20/h5-10,13-16,24H,3-4,11-12,17-18H2,1-2H3. The van der Waals surface area contributed by atoms with Gasteiger partial charge in [-0.3, -0.25) is 4.79 Å². The Bertz CT molecular complexity index is 926. The van der Waals surface area contributed by atoms with Gasteiger partial charge in [-0.1, -0.05) is 87.4 Å². The molecule has 1 aliphatic heterocycles. The number of hydrogen-bond acceptors (Lipinski definition) is 3. The molecule has 3 rings (SSSR count). The Labute approximate surface area is 174 Å². The van der Waals surface area contributed by atoms with E-state index >= 15 is 0 Å². The van der Waals surface area contributed by atoms with E-state index in [4.69, 9.17) is 0 Å². The van der Waals surface area contributed by atoms with E-state index in [9.17, 15) is 13.2 Å². The van der Waals surface area contributed by atoms with Gasteiger partial charge in [0, 0.05) is 6.54 Å². The third kappa shape index (κ3) is 4.68. The molecule has 2 aromatic carbocycles. The zero-order chi connectivity index (χ0) is 20.9. The van der Waals surface area contributed by atoms with Gasteiger partial charge >= 0.3 is 0 Å². The highest BCUT2D eigenvalue weighted by Gasteiger charge is 2.38. The van der Waals surface area contributed by atoms with Gasteiger partial charge in [-0.25, -0.2) is 8.42 Å². The van der Waals surface area contributed by atoms with Crippen molar-refractivity contribution in [3.05, 3.63) is 82.9 Å². The van der Waals surface area contributed by atoms with Crippen molar-refractivity contribution in [2.75, 3.05) is 13.1 Å². The molecule has 0 fully saturated rings. The zero-order valence-corrected chi connectivity index (χ0v) is 18.0. The molecule has 0 atom stereocenters. The maximum absolute atomic E-state index is 13.8. The van der Waals surface area contributed by atoms with Crippen molar-refractivity contribution in [3.63, 3.8) is 0 Å². The molecule has 0 spiro atoms. The summed E-state index contributed by atoms with van der Waals surface area (Å²) in [6.45, 7) is 4.35. The van der Waals surface area contributed by atoms with Crippen LogP contribution in [-0.4, -0.2) is 31.6 Å². The summed E-state index contributed by atoms with van der Waals surface area (Å²) in [5, 5.41) is -0.826. The van der Waals surface area contributed by atoms with Crippen LogP contribution in [-0.2, 0) is 14.8 Å². The topological polar surface area (TPSA) is 54.5 Å². The summed E-state index contributed by atoms with van der Waals surface area (Å²) >= 11 is 0. The smallest absolute Gasteiger partial charge is 0.226 e. The maximum atomic E-state index is 13.8. The Morgan fingerprint density at radius 2 is 1.34 bits per heavy atom. The van der Waals surface area contributed by atoms with Crippen molar-refractivity contribution in [1.29, 1.82) is 0 Å². The maximum Gasteiger partial charge on any atom is 0.226 e. The van der Waals surface area contributed by atoms with E-state index in [1.165, 1.54) is 4.31 Å². The molecular formula is C24H29NO3S. The highest BCUT2D eigenvalue weighted by molar-refractivity contribution is 7.89. The molecule has 0 unspecified atom stereocenters. The van der Waals surface area contributed by atoms with Gasteiger partial charge in [-0.05, 0) is 35.1 Å². The largest absolute Gasteiger partial charge is 0.293 e. The van der Waals surface area contributed by atoms with Crippen LogP contribution in [0.3, 0.4) is 0 Å². The number of sulfonamides is 1. The van der Waals surface area contributed by atoms with E-state index in [-0.39, 0.29) is 12.3 Å². The van der Waals surface area contributed by atoms with Crippen LogP contribution in [0.15, 0.2) is 71.8 Å². The fourth-order valence-electron chi connectivity index (χ4n) is 4.04. The van der Waals surface area contributed by atoms with Crippen LogP contribution in [0.1, 0.15) is 55.9 Å². The van der Waals surface area contributed by atoms with Gasteiger partial charge in [0.1, 0.15) is 5.25 Å². The molecular weight excluding hydrogens is 382 g/mol. The van der Waals surface area contributed by atoms with Gasteiger partial charge in [0.25, 0.3) is 0 Å². The Balaban J connectivity index is 2.04. The molecule has 0 saturated heterocycles. The quantitative estimate of drug-likeness (QED) is 0.622. The minimum Gasteiger partial charge on any atom is -0.293 e. The molecule has 0 N–H and O–H groups in total. The highest BCUT2D eigenvalue weighted by Crippen LogP contribution is 2.35. The summed E-state index contributed by atoms with van der Waals surface area (Å²) < 4.78 is 29.0. The second kappa shape index (κ2) is 9.51. The molecule has 0 amide bonds. The van der Waals surface area contributed by atoms with Crippen molar-refractivity contribution in [2.45, 2.75) is 44.8 Å². The normalized spacial score (nSPS) is 15.9. The number of rotatable bonds is 8. The van der Waals surface area contributed by atoms with E-state index in [1.54, 1.807) is 0 Å². The lowest BCUT2D eigenvalue weighted by atomic mass is 9.93. The highest BCUT2D eigenvalue weighted by atomic mass is 32.2. The predicted molar refractivity (Wildman–Crippen MR) is 117 cm³/mol. The molecule has 4 nitrogen and oxygen atoms in total. The minimum atomic E-state index is -3.77. The van der Waals surface area contributed by atoms with Crippen LogP contribution >= 0.6 is 0 Å². The molecule has 29 heavy (non-hydrogen) atoms. The Morgan fingerprint density at radius 1 is 0.828 bits per heavy atom. The lowest BCUT2D eigenvalue weighted by Gasteiger charge is -2.32. The Morgan fingerprint density at radius 3 is 1.83 bits per heavy atom. The molecule has 0 aliphatic carbocycles. The van der Waals surface area contributed by atoms with Gasteiger partial charge in [0.2, 0.25) is 10.0 Å². The Kier molecular flexibility index (Phi) is 7.04. The molecule has 0 radical (unpaired) electrons. The number of carbonyl (C=O) groups is 1. The van der Waals surface area contributed by atoms with Crippen molar-refractivity contribution in [2.24, 2.45) is 0 Å². The first-order valence-electron chi connectivity index (χ1n) is 10.3. The number of carbonyl (C=O) groups excluding carboxylic acids is 1. The summed E-state index contributed by atoms with van der Waals surface area (Å²) in [5.74, 6) is -0.0509. The molecule has 1 aliphatic rings. The zero-order valence-electron chi connectivity index (χ0n) is 17.2. The van der Waals surface area contributed by atoms with Crippen molar-refractivity contribution < 1.29 is 13.2 Å². The van der Waals surface area contributed by atoms with Gasteiger partial charge in [0.05, 0.1) is 6.54 Å². The third-order valence-electron chi connectivity index (χ3n) is 5.36. The molecule has 2 aromatic rings. The molecule has 0 saturated carbocycles. The van der Waals surface area contributed by atoms with E-state index in [0.29, 0.717) is 17.7 Å². The SMILES string of the molecule is CCCC1=C(CCC)C(=O)CN(S(=O)(=O)C(c2ccccc2)c2ccccc2)C1. The number of Topliss-reactive ketones (excluding diaryl/α,β-unsaturated/α-hetero) is 1. The lowest BCUT2D eigenvalue weighted by molar-refractivity contribution is -0.116. The fourth-order valence-corrected chi connectivity index (χ4v) is 5.97. The summed E-state index contributed by atoms with van der Waals surface area (Å²) in [5.41, 5.74) is 3.25. The van der Waals surface area contributed by atoms with Crippen molar-refractivity contribution in [3.8, 4) is 0 Å². The average molecular weight is 412 g/mol. The molecule has 154 valence electrons. The number of ketones is 1. The fraction of sp³-hybridized carbons (Fsp3) is 0.375. The molecule has 5 heteroatoms. The number of benzene rings is 2. The van der Waals surface area contributed by atoms with Crippen molar-refractivity contribution in [1.82, 2.24) is 4.31 Å². The van der Waals surface area contributed by atoms with Gasteiger partial charge in [-0.15, -0.1) is 0 Å². The molecule has 1 heterocycles. The van der Waals surface area contributed by atoms with Crippen LogP contribution < -0.4 is 0 Å². The second-order valence-corrected chi connectivity index (χ2v) is 9.54. The van der Waals surface area contributed by atoms with Crippen molar-refractivity contribution >= 4 is 15.8 Å². The predicted octanol–water partition coefficient (Wildman–Crippen LogP) is 4.89. The van der Waals surface area contributed by atoms with Crippen LogP contribution in [0.5, 0.6) is 0 Å². The summed E-state index contributed by atoms with van der Waals surface area (Å²) in [7, 11) is -3.77. The second-order valence-electron chi connectivity index (χ2n) is 7.52. The third-order valence-corrected chi connectivity index (χ3v) is 7.48. The first-order chi connectivity index (χ1) is 14.0. The van der Waals surface area contributed by atoms with E-state index in [0.717, 1.165) is 36.8 Å². The first-order valence-corrected chi connectivity index (χ1v) is 11.8. The molecule has 0 aromatic heterocycles. The summed E-state index contributed by atoms with van der Waals surface area (Å²) in [4.78, 5) is 12.9. The average Bonchev–Trinajstić information content (AvgIpc) is 2.72. The van der Waals surface area contributed by atoms with Crippen LogP contribution in [0.4, 0.5) is 0 Å². The lowest BCUT2D eigenvalue weighted by Crippen LogP contribution is -2.44. The number of nitrogens with zero attached hydrogens (tertiary/aromatic N) is 1. The van der Waals surface area contributed by atoms with Crippen LogP contribution in [0, 0.1) is 0 Å². The minimum absolute atomic E-state index is 0.0509. The van der Waals surface area contributed by atoms with Gasteiger partial charge in [-0.2, -0.15) is 4.31 Å².